The van der Waals surface area contributed by atoms with E-state index in [1.165, 1.54) is 161 Å². The van der Waals surface area contributed by atoms with Gasteiger partial charge >= 0.3 is 0 Å². The van der Waals surface area contributed by atoms with Crippen LogP contribution in [0.4, 0.5) is 0 Å². The molecule has 9 heteroatoms. The Labute approximate surface area is 617 Å². The fraction of sp³-hybridized carbons (Fsp3) is 0.558. The standard InChI is InChI=1S/3C20H25P.C10H21N.C10H19N.C6H10O.3Fe/c3*1-16(2)19-14-9-15-20(19)21(17-10-5-3-6-11-17)18-12-7-4-8-13-18;2*1-2-3-8-11-9-10-6-4-5-7-10;7-5-6-3-1-2-4-6;;;/h3*3-8,10-13,16,19-20H,9,14-15H2,1-2H3;10-11H,2-9H2,1H3;9-10H,2-8H2,1H3;5-6H,1-4H2;;;. The van der Waals surface area contributed by atoms with Gasteiger partial charge in [0.1, 0.15) is 6.29 Å². The van der Waals surface area contributed by atoms with Crippen LogP contribution < -0.4 is 37.1 Å². The molecule has 12 rings (SSSR count). The molecule has 6 saturated carbocycles. The van der Waals surface area contributed by atoms with Gasteiger partial charge in [0.2, 0.25) is 0 Å². The molecular formula is C86H125Fe3N2OP3. The Hall–Kier alpha value is -2.53. The van der Waals surface area contributed by atoms with Crippen molar-refractivity contribution >= 4 is 68.1 Å². The van der Waals surface area contributed by atoms with Crippen LogP contribution >= 0.6 is 23.8 Å². The van der Waals surface area contributed by atoms with Gasteiger partial charge in [-0.3, -0.25) is 4.99 Å². The van der Waals surface area contributed by atoms with Crippen molar-refractivity contribution in [1.29, 1.82) is 0 Å². The molecule has 6 aromatic carbocycles. The molecule has 6 aliphatic carbocycles. The molecule has 1 N–H and O–H groups in total. The molecule has 0 heterocycles. The van der Waals surface area contributed by atoms with Crippen molar-refractivity contribution in [2.24, 2.45) is 58.3 Å². The Balaban J connectivity index is 0.000000250. The molecule has 6 atom stereocenters. The maximum Gasteiger partial charge on any atom is 0.123 e. The number of hydrogen-bond donors (Lipinski definition) is 1. The number of benzene rings is 6. The van der Waals surface area contributed by atoms with E-state index in [0.29, 0.717) is 5.92 Å². The molecule has 524 valence electrons. The molecule has 0 radical (unpaired) electrons. The summed E-state index contributed by atoms with van der Waals surface area (Å²) in [7, 11) is -0.671. The summed E-state index contributed by atoms with van der Waals surface area (Å²) in [5.41, 5.74) is 2.55. The summed E-state index contributed by atoms with van der Waals surface area (Å²) in [6, 6.07) is 67.3. The van der Waals surface area contributed by atoms with Gasteiger partial charge in [0.15, 0.2) is 0 Å². The van der Waals surface area contributed by atoms with Crippen LogP contribution in [0.5, 0.6) is 0 Å². The number of rotatable bonds is 22. The smallest absolute Gasteiger partial charge is 0.123 e. The third-order valence-corrected chi connectivity index (χ3v) is 30.0. The summed E-state index contributed by atoms with van der Waals surface area (Å²) in [5.74, 6) is 7.31. The molecule has 3 nitrogen and oxygen atoms in total. The maximum atomic E-state index is 10.0. The fourth-order valence-corrected chi connectivity index (χ4v) is 25.9. The van der Waals surface area contributed by atoms with E-state index >= 15 is 0 Å². The van der Waals surface area contributed by atoms with E-state index in [1.54, 1.807) is 31.8 Å². The zero-order chi connectivity index (χ0) is 65.0. The summed E-state index contributed by atoms with van der Waals surface area (Å²) in [6.07, 6.45) is 37.5. The number of carbonyl (C=O) groups is 1. The van der Waals surface area contributed by atoms with E-state index in [-0.39, 0.29) is 75.0 Å². The SMILES string of the molecule is CC(C)C1CCCC1P(c1ccccc1)c1ccccc1.CC(C)C1CCCC1P(c1ccccc1)c1ccccc1.CC(C)C1CCCC1P(c1ccccc1)c1ccccc1.CCCCN=CC1CCCC1.CCCCNCC1CCCC1.O=CC1CCCC1.[Fe].[Fe].[Fe]. The molecule has 6 aromatic rings. The summed E-state index contributed by atoms with van der Waals surface area (Å²) >= 11 is 0. The zero-order valence-corrected chi connectivity index (χ0v) is 66.0. The van der Waals surface area contributed by atoms with E-state index < -0.39 is 0 Å². The average Bonchev–Trinajstić information content (AvgIpc) is 1.75. The van der Waals surface area contributed by atoms with Crippen LogP contribution in [0, 0.1) is 53.3 Å². The van der Waals surface area contributed by atoms with Gasteiger partial charge in [-0.15, -0.1) is 0 Å². The molecule has 6 aliphatic rings. The number of unbranched alkanes of at least 4 members (excludes halogenated alkanes) is 2. The normalized spacial score (nSPS) is 20.9. The largest absolute Gasteiger partial charge is 0.316 e. The predicted octanol–water partition coefficient (Wildman–Crippen LogP) is 21.8. The first-order valence-electron chi connectivity index (χ1n) is 37.4. The Morgan fingerprint density at radius 1 is 0.379 bits per heavy atom. The van der Waals surface area contributed by atoms with E-state index in [2.05, 4.69) is 254 Å². The molecule has 0 spiro atoms. The first-order chi connectivity index (χ1) is 45.1. The van der Waals surface area contributed by atoms with Gasteiger partial charge < -0.3 is 10.1 Å². The third-order valence-electron chi connectivity index (χ3n) is 20.9. The Kier molecular flexibility index (Phi) is 44.6. The van der Waals surface area contributed by atoms with Crippen LogP contribution in [-0.4, -0.2) is 49.1 Å². The summed E-state index contributed by atoms with van der Waals surface area (Å²) in [5, 5.41) is 12.8. The molecule has 0 amide bonds. The van der Waals surface area contributed by atoms with Gasteiger partial charge in [0.05, 0.1) is 0 Å². The van der Waals surface area contributed by atoms with Gasteiger partial charge in [-0.1, -0.05) is 308 Å². The third kappa shape index (κ3) is 29.2. The molecule has 0 saturated heterocycles. The first kappa shape index (κ1) is 84.9. The second-order valence-electron chi connectivity index (χ2n) is 28.7. The topological polar surface area (TPSA) is 41.5 Å². The van der Waals surface area contributed by atoms with Crippen molar-refractivity contribution in [3.8, 4) is 0 Å². The van der Waals surface area contributed by atoms with Crippen molar-refractivity contribution in [3.63, 3.8) is 0 Å². The quantitative estimate of drug-likeness (QED) is 0.0242. The number of nitrogens with zero attached hydrogens (tertiary/aromatic N) is 1. The Morgan fingerprint density at radius 2 is 0.663 bits per heavy atom. The Bertz CT molecular complexity index is 2450. The molecule has 6 unspecified atom stereocenters. The second kappa shape index (κ2) is 49.9. The maximum absolute atomic E-state index is 10.0. The van der Waals surface area contributed by atoms with Crippen molar-refractivity contribution in [2.75, 3.05) is 19.6 Å². The van der Waals surface area contributed by atoms with E-state index in [4.69, 9.17) is 0 Å². The van der Waals surface area contributed by atoms with Crippen molar-refractivity contribution < 1.29 is 56.0 Å². The number of carbonyl (C=O) groups excluding carboxylic acids is 1. The molecule has 6 fully saturated rings. The van der Waals surface area contributed by atoms with Crippen molar-refractivity contribution in [2.45, 2.75) is 233 Å². The van der Waals surface area contributed by atoms with Crippen molar-refractivity contribution in [3.05, 3.63) is 182 Å². The van der Waals surface area contributed by atoms with Crippen LogP contribution in [-0.2, 0) is 56.0 Å². The summed E-state index contributed by atoms with van der Waals surface area (Å²) in [6.45, 7) is 22.5. The molecule has 95 heavy (non-hydrogen) atoms. The first-order valence-corrected chi connectivity index (χ1v) is 41.7. The van der Waals surface area contributed by atoms with Crippen molar-refractivity contribution in [1.82, 2.24) is 5.32 Å². The van der Waals surface area contributed by atoms with Gasteiger partial charge in [0, 0.05) is 69.9 Å². The van der Waals surface area contributed by atoms with E-state index in [9.17, 15) is 4.79 Å². The molecule has 0 aliphatic heterocycles. The number of hydrogen-bond acceptors (Lipinski definition) is 3. The van der Waals surface area contributed by atoms with Crippen LogP contribution in [0.3, 0.4) is 0 Å². The number of aldehydes is 1. The minimum atomic E-state index is -0.224. The summed E-state index contributed by atoms with van der Waals surface area (Å²) in [4.78, 5) is 14.4. The summed E-state index contributed by atoms with van der Waals surface area (Å²) < 4.78 is 0. The minimum absolute atomic E-state index is 0. The van der Waals surface area contributed by atoms with E-state index in [1.807, 2.05) is 0 Å². The van der Waals surface area contributed by atoms with Gasteiger partial charge in [0.25, 0.3) is 0 Å². The van der Waals surface area contributed by atoms with Crippen LogP contribution in [0.15, 0.2) is 187 Å². The zero-order valence-electron chi connectivity index (χ0n) is 60.0. The minimum Gasteiger partial charge on any atom is -0.316 e. The number of aliphatic imine (C=N–C) groups is 1. The Morgan fingerprint density at radius 3 is 0.926 bits per heavy atom. The predicted molar refractivity (Wildman–Crippen MR) is 413 cm³/mol. The molecule has 0 aromatic heterocycles. The monoisotopic (exact) mass is 1460 g/mol. The number of nitrogens with one attached hydrogen (secondary N) is 1. The fourth-order valence-electron chi connectivity index (χ4n) is 15.8. The molecule has 0 bridgehead atoms. The van der Waals surface area contributed by atoms with Gasteiger partial charge in [-0.2, -0.15) is 0 Å². The van der Waals surface area contributed by atoms with Crippen LogP contribution in [0.1, 0.15) is 216 Å². The van der Waals surface area contributed by atoms with Crippen LogP contribution in [0.25, 0.3) is 0 Å². The van der Waals surface area contributed by atoms with E-state index in [0.717, 1.165) is 90.0 Å². The van der Waals surface area contributed by atoms with Gasteiger partial charge in [-0.25, -0.2) is 0 Å². The second-order valence-corrected chi connectivity index (χ2v) is 36.0. The van der Waals surface area contributed by atoms with Gasteiger partial charge in [-0.05, 0) is 223 Å². The average molecular weight is 1460 g/mol. The molecular weight excluding hydrogens is 1340 g/mol. The van der Waals surface area contributed by atoms with Crippen LogP contribution in [0.2, 0.25) is 0 Å².